The van der Waals surface area contributed by atoms with Gasteiger partial charge in [-0.3, -0.25) is 4.79 Å². The second-order valence-electron chi connectivity index (χ2n) is 2.54. The summed E-state index contributed by atoms with van der Waals surface area (Å²) >= 11 is 5.75. The minimum atomic E-state index is -0.0556. The molecule has 0 atom stereocenters. The summed E-state index contributed by atoms with van der Waals surface area (Å²) in [6.07, 6.45) is 0. The lowest BCUT2D eigenvalue weighted by Crippen LogP contribution is -2.26. The van der Waals surface area contributed by atoms with Crippen LogP contribution in [0.25, 0.3) is 0 Å². The fourth-order valence-corrected chi connectivity index (χ4v) is 1.06. The van der Waals surface area contributed by atoms with Gasteiger partial charge in [0.15, 0.2) is 0 Å². The molecule has 0 heterocycles. The SMILES string of the molecule is CNC(=O)CNc1cccc(Cl)c1. The molecule has 4 heteroatoms. The summed E-state index contributed by atoms with van der Waals surface area (Å²) in [5.74, 6) is -0.0556. The van der Waals surface area contributed by atoms with E-state index in [0.29, 0.717) is 5.02 Å². The van der Waals surface area contributed by atoms with Gasteiger partial charge in [-0.1, -0.05) is 17.7 Å². The first-order chi connectivity index (χ1) is 6.22. The van der Waals surface area contributed by atoms with E-state index in [0.717, 1.165) is 5.69 Å². The first kappa shape index (κ1) is 9.86. The molecule has 3 nitrogen and oxygen atoms in total. The largest absolute Gasteiger partial charge is 0.376 e. The molecule has 13 heavy (non-hydrogen) atoms. The van der Waals surface area contributed by atoms with Crippen molar-refractivity contribution >= 4 is 23.2 Å². The molecule has 0 radical (unpaired) electrons. The van der Waals surface area contributed by atoms with E-state index in [2.05, 4.69) is 10.6 Å². The van der Waals surface area contributed by atoms with Gasteiger partial charge in [-0.25, -0.2) is 0 Å². The van der Waals surface area contributed by atoms with Crippen LogP contribution in [0.2, 0.25) is 5.02 Å². The molecule has 0 aliphatic carbocycles. The summed E-state index contributed by atoms with van der Waals surface area (Å²) in [7, 11) is 1.60. The Kier molecular flexibility index (Phi) is 3.58. The van der Waals surface area contributed by atoms with Crippen LogP contribution in [-0.4, -0.2) is 19.5 Å². The minimum Gasteiger partial charge on any atom is -0.376 e. The van der Waals surface area contributed by atoms with Crippen LogP contribution in [0.5, 0.6) is 0 Å². The lowest BCUT2D eigenvalue weighted by Gasteiger charge is -2.04. The van der Waals surface area contributed by atoms with Crippen molar-refractivity contribution in [2.24, 2.45) is 0 Å². The third kappa shape index (κ3) is 3.34. The fraction of sp³-hybridized carbons (Fsp3) is 0.222. The first-order valence-corrected chi connectivity index (χ1v) is 4.30. The Labute approximate surface area is 82.1 Å². The number of likely N-dealkylation sites (N-methyl/N-ethyl adjacent to an activating group) is 1. The zero-order valence-electron chi connectivity index (χ0n) is 7.30. The van der Waals surface area contributed by atoms with E-state index >= 15 is 0 Å². The molecule has 0 saturated heterocycles. The number of amides is 1. The third-order valence-electron chi connectivity index (χ3n) is 1.56. The number of rotatable bonds is 3. The van der Waals surface area contributed by atoms with Gasteiger partial charge >= 0.3 is 0 Å². The lowest BCUT2D eigenvalue weighted by atomic mass is 10.3. The number of carbonyl (C=O) groups excluding carboxylic acids is 1. The van der Waals surface area contributed by atoms with E-state index in [4.69, 9.17) is 11.6 Å². The number of nitrogens with one attached hydrogen (secondary N) is 2. The Morgan fingerprint density at radius 2 is 2.31 bits per heavy atom. The maximum atomic E-state index is 10.9. The number of halogens is 1. The van der Waals surface area contributed by atoms with Gasteiger partial charge in [0.25, 0.3) is 0 Å². The molecule has 0 aliphatic rings. The standard InChI is InChI=1S/C9H11ClN2O/c1-11-9(13)6-12-8-4-2-3-7(10)5-8/h2-5,12H,6H2,1H3,(H,11,13). The zero-order valence-corrected chi connectivity index (χ0v) is 8.06. The molecule has 1 aromatic rings. The lowest BCUT2D eigenvalue weighted by molar-refractivity contribution is -0.118. The maximum Gasteiger partial charge on any atom is 0.239 e. The van der Waals surface area contributed by atoms with Gasteiger partial charge in [-0.15, -0.1) is 0 Å². The van der Waals surface area contributed by atoms with Gasteiger partial charge in [0.2, 0.25) is 5.91 Å². The van der Waals surface area contributed by atoms with Crippen LogP contribution in [0.15, 0.2) is 24.3 Å². The fourth-order valence-electron chi connectivity index (χ4n) is 0.869. The first-order valence-electron chi connectivity index (χ1n) is 3.92. The van der Waals surface area contributed by atoms with Crippen LogP contribution in [0.4, 0.5) is 5.69 Å². The summed E-state index contributed by atoms with van der Waals surface area (Å²) in [5, 5.41) is 6.11. The average Bonchev–Trinajstić information content (AvgIpc) is 2.14. The summed E-state index contributed by atoms with van der Waals surface area (Å²) in [4.78, 5) is 10.9. The van der Waals surface area contributed by atoms with Gasteiger partial charge < -0.3 is 10.6 Å². The molecule has 0 aliphatic heterocycles. The molecule has 0 bridgehead atoms. The van der Waals surface area contributed by atoms with Gasteiger partial charge in [0.1, 0.15) is 0 Å². The number of hydrogen-bond donors (Lipinski definition) is 2. The third-order valence-corrected chi connectivity index (χ3v) is 1.79. The van der Waals surface area contributed by atoms with Crippen molar-refractivity contribution in [2.75, 3.05) is 18.9 Å². The predicted molar refractivity (Wildman–Crippen MR) is 54.0 cm³/mol. The number of anilines is 1. The van der Waals surface area contributed by atoms with Crippen molar-refractivity contribution in [1.29, 1.82) is 0 Å². The second kappa shape index (κ2) is 4.72. The van der Waals surface area contributed by atoms with E-state index in [9.17, 15) is 4.79 Å². The molecular formula is C9H11ClN2O. The minimum absolute atomic E-state index is 0.0556. The van der Waals surface area contributed by atoms with Crippen LogP contribution in [-0.2, 0) is 4.79 Å². The highest BCUT2D eigenvalue weighted by atomic mass is 35.5. The van der Waals surface area contributed by atoms with Crippen molar-refractivity contribution in [3.8, 4) is 0 Å². The highest BCUT2D eigenvalue weighted by Gasteiger charge is 1.97. The molecular weight excluding hydrogens is 188 g/mol. The van der Waals surface area contributed by atoms with Crippen molar-refractivity contribution in [2.45, 2.75) is 0 Å². The zero-order chi connectivity index (χ0) is 9.68. The number of benzene rings is 1. The summed E-state index contributed by atoms with van der Waals surface area (Å²) < 4.78 is 0. The molecule has 1 rings (SSSR count). The molecule has 2 N–H and O–H groups in total. The van der Waals surface area contributed by atoms with E-state index in [1.54, 1.807) is 19.2 Å². The Morgan fingerprint density at radius 3 is 2.92 bits per heavy atom. The molecule has 0 saturated carbocycles. The average molecular weight is 199 g/mol. The normalized spacial score (nSPS) is 9.38. The highest BCUT2D eigenvalue weighted by Crippen LogP contribution is 2.14. The molecule has 1 aromatic carbocycles. The summed E-state index contributed by atoms with van der Waals surface area (Å²) in [6, 6.07) is 7.24. The molecule has 1 amide bonds. The van der Waals surface area contributed by atoms with E-state index in [1.807, 2.05) is 12.1 Å². The predicted octanol–water partition coefficient (Wildman–Crippen LogP) is 1.50. The van der Waals surface area contributed by atoms with Crippen LogP contribution in [0, 0.1) is 0 Å². The number of hydrogen-bond acceptors (Lipinski definition) is 2. The molecule has 70 valence electrons. The quantitative estimate of drug-likeness (QED) is 0.773. The van der Waals surface area contributed by atoms with Crippen molar-refractivity contribution < 1.29 is 4.79 Å². The van der Waals surface area contributed by atoms with Gasteiger partial charge in [0.05, 0.1) is 6.54 Å². The molecule has 0 fully saturated rings. The van der Waals surface area contributed by atoms with Gasteiger partial charge in [-0.05, 0) is 18.2 Å². The summed E-state index contributed by atoms with van der Waals surface area (Å²) in [5.41, 5.74) is 0.844. The Bertz CT molecular complexity index is 301. The van der Waals surface area contributed by atoms with E-state index < -0.39 is 0 Å². The van der Waals surface area contributed by atoms with Crippen molar-refractivity contribution in [1.82, 2.24) is 5.32 Å². The van der Waals surface area contributed by atoms with Crippen LogP contribution < -0.4 is 10.6 Å². The van der Waals surface area contributed by atoms with Gasteiger partial charge in [-0.2, -0.15) is 0 Å². The molecule has 0 aromatic heterocycles. The van der Waals surface area contributed by atoms with Crippen molar-refractivity contribution in [3.05, 3.63) is 29.3 Å². The Balaban J connectivity index is 2.50. The van der Waals surface area contributed by atoms with Crippen LogP contribution >= 0.6 is 11.6 Å². The second-order valence-corrected chi connectivity index (χ2v) is 2.97. The molecule has 0 unspecified atom stereocenters. The maximum absolute atomic E-state index is 10.9. The van der Waals surface area contributed by atoms with Crippen molar-refractivity contribution in [3.63, 3.8) is 0 Å². The van der Waals surface area contributed by atoms with Crippen LogP contribution in [0.1, 0.15) is 0 Å². The summed E-state index contributed by atoms with van der Waals surface area (Å²) in [6.45, 7) is 0.261. The number of carbonyl (C=O) groups is 1. The van der Waals surface area contributed by atoms with Gasteiger partial charge in [0, 0.05) is 17.8 Å². The Morgan fingerprint density at radius 1 is 1.54 bits per heavy atom. The monoisotopic (exact) mass is 198 g/mol. The van der Waals surface area contributed by atoms with E-state index in [-0.39, 0.29) is 12.5 Å². The van der Waals surface area contributed by atoms with Crippen LogP contribution in [0.3, 0.4) is 0 Å². The highest BCUT2D eigenvalue weighted by molar-refractivity contribution is 6.30. The Hall–Kier alpha value is -1.22. The topological polar surface area (TPSA) is 41.1 Å². The molecule has 0 spiro atoms. The smallest absolute Gasteiger partial charge is 0.239 e. The van der Waals surface area contributed by atoms with E-state index in [1.165, 1.54) is 0 Å².